The van der Waals surface area contributed by atoms with Crippen molar-refractivity contribution in [3.05, 3.63) is 102 Å². The molecular weight excluding hydrogens is 374 g/mol. The van der Waals surface area contributed by atoms with Crippen molar-refractivity contribution in [1.29, 1.82) is 0 Å². The van der Waals surface area contributed by atoms with Crippen molar-refractivity contribution in [2.45, 2.75) is 40.5 Å². The third-order valence-electron chi connectivity index (χ3n) is 5.69. The molecule has 0 radical (unpaired) electrons. The molecule has 1 heteroatoms. The van der Waals surface area contributed by atoms with Crippen LogP contribution in [0.25, 0.3) is 28.1 Å². The molecule has 0 aliphatic carbocycles. The Balaban J connectivity index is 1.96. The molecule has 0 atom stereocenters. The van der Waals surface area contributed by atoms with E-state index < -0.39 is 0 Å². The maximum atomic E-state index is 2.42. The van der Waals surface area contributed by atoms with Gasteiger partial charge in [-0.2, -0.15) is 0 Å². The molecule has 1 nitrogen and oxygen atoms in total. The third kappa shape index (κ3) is 4.82. The Morgan fingerprint density at radius 1 is 0.581 bits per heavy atom. The van der Waals surface area contributed by atoms with E-state index in [9.17, 15) is 0 Å². The molecule has 0 N–H and O–H groups in total. The zero-order valence-corrected chi connectivity index (χ0v) is 19.2. The second kappa shape index (κ2) is 9.39. The number of benzene rings is 3. The first-order chi connectivity index (χ1) is 15.0. The molecule has 4 rings (SSSR count). The van der Waals surface area contributed by atoms with E-state index in [-0.39, 0.29) is 0 Å². The summed E-state index contributed by atoms with van der Waals surface area (Å²) in [5, 5.41) is 0. The predicted octanol–water partition coefficient (Wildman–Crippen LogP) is 8.21. The van der Waals surface area contributed by atoms with Gasteiger partial charge in [0.1, 0.15) is 0 Å². The molecule has 3 aromatic carbocycles. The van der Waals surface area contributed by atoms with Gasteiger partial charge in [0.25, 0.3) is 0 Å². The fourth-order valence-corrected chi connectivity index (χ4v) is 4.48. The highest BCUT2D eigenvalue weighted by molar-refractivity contribution is 5.71. The van der Waals surface area contributed by atoms with Gasteiger partial charge in [0.15, 0.2) is 0 Å². The van der Waals surface area contributed by atoms with E-state index in [0.29, 0.717) is 11.8 Å². The molecule has 0 saturated carbocycles. The van der Waals surface area contributed by atoms with Crippen LogP contribution in [0.4, 0.5) is 0 Å². The van der Waals surface area contributed by atoms with E-state index in [1.165, 1.54) is 39.2 Å². The van der Waals surface area contributed by atoms with Gasteiger partial charge < -0.3 is 4.57 Å². The SMILES string of the molecule is CC(C)Cc1cc(-c2ccccc2)cc(CC(C)C)c1-n1cccc1-c1ccccc1. The van der Waals surface area contributed by atoms with Gasteiger partial charge in [-0.15, -0.1) is 0 Å². The van der Waals surface area contributed by atoms with Crippen molar-refractivity contribution in [2.24, 2.45) is 11.8 Å². The molecular formula is C30H33N. The van der Waals surface area contributed by atoms with Crippen molar-refractivity contribution in [2.75, 3.05) is 0 Å². The number of rotatable bonds is 7. The van der Waals surface area contributed by atoms with Crippen molar-refractivity contribution in [3.63, 3.8) is 0 Å². The van der Waals surface area contributed by atoms with Crippen molar-refractivity contribution in [3.8, 4) is 28.1 Å². The van der Waals surface area contributed by atoms with E-state index in [0.717, 1.165) is 12.8 Å². The highest BCUT2D eigenvalue weighted by Crippen LogP contribution is 2.34. The first-order valence-corrected chi connectivity index (χ1v) is 11.5. The predicted molar refractivity (Wildman–Crippen MR) is 134 cm³/mol. The summed E-state index contributed by atoms with van der Waals surface area (Å²) in [6.45, 7) is 9.26. The number of hydrogen-bond acceptors (Lipinski definition) is 0. The summed E-state index contributed by atoms with van der Waals surface area (Å²) in [6.07, 6.45) is 4.36. The van der Waals surface area contributed by atoms with Crippen LogP contribution >= 0.6 is 0 Å². The lowest BCUT2D eigenvalue weighted by atomic mass is 9.90. The molecule has 0 bridgehead atoms. The minimum absolute atomic E-state index is 0.590. The first-order valence-electron chi connectivity index (χ1n) is 11.5. The molecule has 0 fully saturated rings. The Morgan fingerprint density at radius 2 is 1.10 bits per heavy atom. The van der Waals surface area contributed by atoms with Crippen LogP contribution in [-0.4, -0.2) is 4.57 Å². The standard InChI is InChI=1S/C30H33N/c1-22(2)18-27-20-26(24-12-7-5-8-13-24)21-28(19-23(3)4)30(27)31-17-11-16-29(31)25-14-9-6-10-15-25/h5-17,20-23H,18-19H2,1-4H3. The van der Waals surface area contributed by atoms with Gasteiger partial charge in [0.2, 0.25) is 0 Å². The second-order valence-electron chi connectivity index (χ2n) is 9.33. The molecule has 1 aromatic heterocycles. The Morgan fingerprint density at radius 3 is 1.61 bits per heavy atom. The summed E-state index contributed by atoms with van der Waals surface area (Å²) in [5.41, 5.74) is 9.35. The van der Waals surface area contributed by atoms with Crippen LogP contribution in [0.15, 0.2) is 91.1 Å². The van der Waals surface area contributed by atoms with Crippen molar-refractivity contribution < 1.29 is 0 Å². The minimum Gasteiger partial charge on any atom is -0.316 e. The third-order valence-corrected chi connectivity index (χ3v) is 5.69. The highest BCUT2D eigenvalue weighted by Gasteiger charge is 2.18. The van der Waals surface area contributed by atoms with E-state index in [4.69, 9.17) is 0 Å². The number of nitrogens with zero attached hydrogens (tertiary/aromatic N) is 1. The minimum atomic E-state index is 0.590. The van der Waals surface area contributed by atoms with Crippen LogP contribution in [-0.2, 0) is 12.8 Å². The summed E-state index contributed by atoms with van der Waals surface area (Å²) in [7, 11) is 0. The first kappa shape index (κ1) is 21.2. The van der Waals surface area contributed by atoms with Gasteiger partial charge in [0.05, 0.1) is 11.4 Å². The maximum Gasteiger partial charge on any atom is 0.0528 e. The molecule has 0 spiro atoms. The molecule has 0 amide bonds. The zero-order valence-electron chi connectivity index (χ0n) is 19.2. The van der Waals surface area contributed by atoms with Crippen LogP contribution in [0.2, 0.25) is 0 Å². The van der Waals surface area contributed by atoms with Gasteiger partial charge in [-0.3, -0.25) is 0 Å². The van der Waals surface area contributed by atoms with Gasteiger partial charge >= 0.3 is 0 Å². The van der Waals surface area contributed by atoms with Crippen molar-refractivity contribution >= 4 is 0 Å². The smallest absolute Gasteiger partial charge is 0.0528 e. The topological polar surface area (TPSA) is 4.93 Å². The van der Waals surface area contributed by atoms with E-state index in [2.05, 4.69) is 123 Å². The quantitative estimate of drug-likeness (QED) is 0.291. The van der Waals surface area contributed by atoms with Gasteiger partial charge in [-0.25, -0.2) is 0 Å². The summed E-state index contributed by atoms with van der Waals surface area (Å²) in [4.78, 5) is 0. The van der Waals surface area contributed by atoms with Crippen LogP contribution in [0, 0.1) is 11.8 Å². The Labute approximate surface area is 187 Å². The fraction of sp³-hybridized carbons (Fsp3) is 0.267. The van der Waals surface area contributed by atoms with Gasteiger partial charge in [0, 0.05) is 6.20 Å². The lowest BCUT2D eigenvalue weighted by Crippen LogP contribution is -2.10. The Kier molecular flexibility index (Phi) is 6.42. The fourth-order valence-electron chi connectivity index (χ4n) is 4.48. The van der Waals surface area contributed by atoms with Crippen LogP contribution in [0.3, 0.4) is 0 Å². The summed E-state index contributed by atoms with van der Waals surface area (Å²) in [6, 6.07) is 30.8. The molecule has 0 saturated heterocycles. The maximum absolute atomic E-state index is 2.42. The van der Waals surface area contributed by atoms with Crippen LogP contribution < -0.4 is 0 Å². The summed E-state index contributed by atoms with van der Waals surface area (Å²) >= 11 is 0. The molecule has 1 heterocycles. The highest BCUT2D eigenvalue weighted by atomic mass is 15.0. The van der Waals surface area contributed by atoms with Gasteiger partial charge in [-0.05, 0) is 76.8 Å². The van der Waals surface area contributed by atoms with E-state index in [1.807, 2.05) is 0 Å². The number of hydrogen-bond donors (Lipinski definition) is 0. The van der Waals surface area contributed by atoms with Crippen LogP contribution in [0.5, 0.6) is 0 Å². The molecule has 0 aliphatic rings. The molecule has 31 heavy (non-hydrogen) atoms. The Bertz CT molecular complexity index is 1090. The van der Waals surface area contributed by atoms with E-state index in [1.54, 1.807) is 0 Å². The molecule has 4 aromatic rings. The summed E-state index contributed by atoms with van der Waals surface area (Å²) in [5.74, 6) is 1.18. The zero-order chi connectivity index (χ0) is 21.8. The lowest BCUT2D eigenvalue weighted by molar-refractivity contribution is 0.631. The Hall–Kier alpha value is -3.06. The number of aromatic nitrogens is 1. The van der Waals surface area contributed by atoms with Crippen LogP contribution in [0.1, 0.15) is 38.8 Å². The van der Waals surface area contributed by atoms with Crippen molar-refractivity contribution in [1.82, 2.24) is 4.57 Å². The average molecular weight is 408 g/mol. The average Bonchev–Trinajstić information content (AvgIpc) is 3.23. The molecule has 0 unspecified atom stereocenters. The molecule has 0 aliphatic heterocycles. The normalized spacial score (nSPS) is 11.4. The lowest BCUT2D eigenvalue weighted by Gasteiger charge is -2.23. The summed E-state index contributed by atoms with van der Waals surface area (Å²) < 4.78 is 2.42. The van der Waals surface area contributed by atoms with Gasteiger partial charge in [-0.1, -0.05) is 88.4 Å². The molecule has 158 valence electrons. The van der Waals surface area contributed by atoms with E-state index >= 15 is 0 Å². The second-order valence-corrected chi connectivity index (χ2v) is 9.33. The monoisotopic (exact) mass is 407 g/mol. The largest absolute Gasteiger partial charge is 0.316 e.